The van der Waals surface area contributed by atoms with Gasteiger partial charge in [-0.3, -0.25) is 9.69 Å². The molecule has 6 heteroatoms. The maximum absolute atomic E-state index is 12.3. The van der Waals surface area contributed by atoms with Crippen LogP contribution in [0.3, 0.4) is 0 Å². The molecule has 1 aliphatic carbocycles. The number of phenols is 1. The molecule has 1 unspecified atom stereocenters. The lowest BCUT2D eigenvalue weighted by molar-refractivity contribution is 0.0949. The summed E-state index contributed by atoms with van der Waals surface area (Å²) in [7, 11) is 0. The summed E-state index contributed by atoms with van der Waals surface area (Å²) in [5.41, 5.74) is 4.16. The van der Waals surface area contributed by atoms with Crippen LogP contribution in [-0.4, -0.2) is 55.2 Å². The van der Waals surface area contributed by atoms with Crippen LogP contribution < -0.4 is 10.2 Å². The standard InChI is InChI=1S/C36H44N4O2/c37-27-32(11-7-20-38-36(42)34-13-4-5-14-35(34)41)30-17-15-28(16-18-30)19-21-39-22-24-40(25-23-39)33-12-6-10-31(26-33)29-8-2-1-3-9-29/h1-6,8-10,12-14,26,28,30,32,41H,7,11,15-25H2,(H,38,42). The molecule has 3 aromatic carbocycles. The zero-order valence-corrected chi connectivity index (χ0v) is 24.6. The quantitative estimate of drug-likeness (QED) is 0.253. The molecule has 1 saturated carbocycles. The molecular weight excluding hydrogens is 520 g/mol. The first-order valence-electron chi connectivity index (χ1n) is 15.7. The van der Waals surface area contributed by atoms with Crippen molar-refractivity contribution < 1.29 is 9.90 Å². The lowest BCUT2D eigenvalue weighted by atomic mass is 9.74. The zero-order chi connectivity index (χ0) is 29.1. The molecule has 2 fully saturated rings. The van der Waals surface area contributed by atoms with E-state index in [9.17, 15) is 15.2 Å². The molecular formula is C36H44N4O2. The molecule has 6 nitrogen and oxygen atoms in total. The highest BCUT2D eigenvalue weighted by molar-refractivity contribution is 5.96. The number of rotatable bonds is 11. The van der Waals surface area contributed by atoms with Gasteiger partial charge < -0.3 is 15.3 Å². The number of aromatic hydroxyl groups is 1. The normalized spacial score (nSPS) is 20.0. The minimum Gasteiger partial charge on any atom is -0.507 e. The second-order valence-corrected chi connectivity index (χ2v) is 12.0. The van der Waals surface area contributed by atoms with Crippen molar-refractivity contribution in [3.63, 3.8) is 0 Å². The van der Waals surface area contributed by atoms with Crippen molar-refractivity contribution in [3.05, 3.63) is 84.4 Å². The highest BCUT2D eigenvalue weighted by Gasteiger charge is 2.28. The first-order valence-corrected chi connectivity index (χ1v) is 15.7. The molecule has 1 heterocycles. The van der Waals surface area contributed by atoms with Crippen molar-refractivity contribution in [2.24, 2.45) is 17.8 Å². The Labute approximate surface area is 251 Å². The highest BCUT2D eigenvalue weighted by Crippen LogP contribution is 2.36. The SMILES string of the molecule is N#CC(CCCNC(=O)c1ccccc1O)C1CCC(CCN2CCN(c3cccc(-c4ccccc4)c3)CC2)CC1. The molecule has 1 amide bonds. The lowest BCUT2D eigenvalue weighted by Crippen LogP contribution is -2.47. The third-order valence-corrected chi connectivity index (χ3v) is 9.30. The first kappa shape index (κ1) is 29.7. The Bertz CT molecular complexity index is 1320. The lowest BCUT2D eigenvalue weighted by Gasteiger charge is -2.37. The van der Waals surface area contributed by atoms with E-state index in [0.29, 0.717) is 18.0 Å². The van der Waals surface area contributed by atoms with E-state index in [1.54, 1.807) is 18.2 Å². The largest absolute Gasteiger partial charge is 0.507 e. The summed E-state index contributed by atoms with van der Waals surface area (Å²) < 4.78 is 0. The monoisotopic (exact) mass is 564 g/mol. The Hall–Kier alpha value is -3.82. The maximum atomic E-state index is 12.3. The molecule has 1 saturated heterocycles. The molecule has 1 atom stereocenters. The van der Waals surface area contributed by atoms with Gasteiger partial charge >= 0.3 is 0 Å². The second kappa shape index (κ2) is 14.9. The number of carbonyl (C=O) groups excluding carboxylic acids is 1. The van der Waals surface area contributed by atoms with Crippen LogP contribution in [0.1, 0.15) is 55.3 Å². The number of anilines is 1. The van der Waals surface area contributed by atoms with Crippen molar-refractivity contribution in [2.45, 2.75) is 44.9 Å². The maximum Gasteiger partial charge on any atom is 0.255 e. The third kappa shape index (κ3) is 7.92. The summed E-state index contributed by atoms with van der Waals surface area (Å²) in [6.45, 7) is 6.06. The Kier molecular flexibility index (Phi) is 10.5. The topological polar surface area (TPSA) is 79.6 Å². The minimum atomic E-state index is -0.263. The van der Waals surface area contributed by atoms with Crippen molar-refractivity contribution in [1.29, 1.82) is 5.26 Å². The van der Waals surface area contributed by atoms with Crippen molar-refractivity contribution in [3.8, 4) is 22.9 Å². The van der Waals surface area contributed by atoms with E-state index in [2.05, 4.69) is 75.8 Å². The van der Waals surface area contributed by atoms with Crippen molar-refractivity contribution >= 4 is 11.6 Å². The molecule has 0 aromatic heterocycles. The molecule has 3 aromatic rings. The average molecular weight is 565 g/mol. The van der Waals surface area contributed by atoms with Crippen LogP contribution >= 0.6 is 0 Å². The number of benzene rings is 3. The smallest absolute Gasteiger partial charge is 0.255 e. The van der Waals surface area contributed by atoms with Crippen molar-refractivity contribution in [1.82, 2.24) is 10.2 Å². The summed E-state index contributed by atoms with van der Waals surface area (Å²) in [6, 6.07) is 28.7. The van der Waals surface area contributed by atoms with E-state index in [0.717, 1.165) is 57.8 Å². The summed E-state index contributed by atoms with van der Waals surface area (Å²) in [5, 5.41) is 22.6. The van der Waals surface area contributed by atoms with Crippen LogP contribution in [0, 0.1) is 29.1 Å². The van der Waals surface area contributed by atoms with Gasteiger partial charge in [0.15, 0.2) is 0 Å². The Morgan fingerprint density at radius 3 is 2.36 bits per heavy atom. The molecule has 2 aliphatic rings. The van der Waals surface area contributed by atoms with E-state index >= 15 is 0 Å². The number of nitriles is 1. The predicted molar refractivity (Wildman–Crippen MR) is 169 cm³/mol. The van der Waals surface area contributed by atoms with Gasteiger partial charge in [0.05, 0.1) is 11.6 Å². The van der Waals surface area contributed by atoms with Crippen LogP contribution in [0.5, 0.6) is 5.75 Å². The summed E-state index contributed by atoms with van der Waals surface area (Å²) in [4.78, 5) is 17.4. The molecule has 42 heavy (non-hydrogen) atoms. The highest BCUT2D eigenvalue weighted by atomic mass is 16.3. The van der Waals surface area contributed by atoms with Gasteiger partial charge in [0.1, 0.15) is 5.75 Å². The van der Waals surface area contributed by atoms with Crippen LogP contribution in [0.25, 0.3) is 11.1 Å². The van der Waals surface area contributed by atoms with Gasteiger partial charge in [0, 0.05) is 44.3 Å². The second-order valence-electron chi connectivity index (χ2n) is 12.0. The average Bonchev–Trinajstić information content (AvgIpc) is 3.05. The summed E-state index contributed by atoms with van der Waals surface area (Å²) >= 11 is 0. The van der Waals surface area contributed by atoms with E-state index in [1.165, 1.54) is 48.7 Å². The van der Waals surface area contributed by atoms with E-state index < -0.39 is 0 Å². The van der Waals surface area contributed by atoms with Gasteiger partial charge in [0.25, 0.3) is 5.91 Å². The third-order valence-electron chi connectivity index (χ3n) is 9.30. The van der Waals surface area contributed by atoms with Gasteiger partial charge in [-0.1, -0.05) is 67.4 Å². The van der Waals surface area contributed by atoms with E-state index in [4.69, 9.17) is 0 Å². The van der Waals surface area contributed by atoms with Gasteiger partial charge in [-0.05, 0) is 85.9 Å². The number of nitrogens with one attached hydrogen (secondary N) is 1. The molecule has 0 radical (unpaired) electrons. The van der Waals surface area contributed by atoms with Crippen molar-refractivity contribution in [2.75, 3.05) is 44.2 Å². The van der Waals surface area contributed by atoms with E-state index in [-0.39, 0.29) is 17.6 Å². The molecule has 220 valence electrons. The van der Waals surface area contributed by atoms with Gasteiger partial charge in [-0.2, -0.15) is 5.26 Å². The van der Waals surface area contributed by atoms with E-state index in [1.807, 2.05) is 0 Å². The number of para-hydroxylation sites is 1. The van der Waals surface area contributed by atoms with Crippen LogP contribution in [0.4, 0.5) is 5.69 Å². The number of carbonyl (C=O) groups is 1. The Balaban J connectivity index is 0.979. The molecule has 1 aliphatic heterocycles. The minimum absolute atomic E-state index is 0.00580. The van der Waals surface area contributed by atoms with Gasteiger partial charge in [0.2, 0.25) is 0 Å². The Morgan fingerprint density at radius 2 is 1.62 bits per heavy atom. The molecule has 0 spiro atoms. The number of phenolic OH excluding ortho intramolecular Hbond substituents is 1. The molecule has 5 rings (SSSR count). The fourth-order valence-corrected chi connectivity index (χ4v) is 6.68. The molecule has 0 bridgehead atoms. The van der Waals surface area contributed by atoms with Gasteiger partial charge in [-0.25, -0.2) is 0 Å². The summed E-state index contributed by atoms with van der Waals surface area (Å²) in [5.74, 6) is 1.02. The summed E-state index contributed by atoms with van der Waals surface area (Å²) in [6.07, 6.45) is 7.56. The fraction of sp³-hybridized carbons (Fsp3) is 0.444. The van der Waals surface area contributed by atoms with Crippen LogP contribution in [0.2, 0.25) is 0 Å². The van der Waals surface area contributed by atoms with Crippen LogP contribution in [0.15, 0.2) is 78.9 Å². The predicted octanol–water partition coefficient (Wildman–Crippen LogP) is 6.73. The number of amides is 1. The zero-order valence-electron chi connectivity index (χ0n) is 24.6. The number of hydrogen-bond acceptors (Lipinski definition) is 5. The molecule has 2 N–H and O–H groups in total. The Morgan fingerprint density at radius 1 is 0.905 bits per heavy atom. The number of nitrogens with zero attached hydrogens (tertiary/aromatic N) is 3. The number of hydrogen-bond donors (Lipinski definition) is 2. The van der Waals surface area contributed by atoms with Gasteiger partial charge in [-0.15, -0.1) is 0 Å². The number of piperazine rings is 1. The first-order chi connectivity index (χ1) is 20.6. The fourth-order valence-electron chi connectivity index (χ4n) is 6.68. The van der Waals surface area contributed by atoms with Crippen LogP contribution in [-0.2, 0) is 0 Å².